The van der Waals surface area contributed by atoms with Crippen molar-refractivity contribution in [2.45, 2.75) is 0 Å². The zero-order valence-corrected chi connectivity index (χ0v) is 9.92. The molecule has 94 valence electrons. The van der Waals surface area contributed by atoms with Crippen LogP contribution in [-0.2, 0) is 0 Å². The molecule has 4 N–H and O–H groups in total. The topological polar surface area (TPSA) is 100 Å². The largest absolute Gasteiger partial charge is 0.369 e. The summed E-state index contributed by atoms with van der Waals surface area (Å²) in [6.45, 7) is 0. The molecule has 1 aromatic carbocycles. The molecule has 2 heterocycles. The summed E-state index contributed by atoms with van der Waals surface area (Å²) in [4.78, 5) is 25.1. The Morgan fingerprint density at radius 3 is 2.63 bits per heavy atom. The SMILES string of the molecule is Nc1nc2nc(/C=C/c3ccccc3)[nH]c2c(=O)[nH]1. The summed E-state index contributed by atoms with van der Waals surface area (Å²) >= 11 is 0. The van der Waals surface area contributed by atoms with E-state index in [1.165, 1.54) is 0 Å². The van der Waals surface area contributed by atoms with Crippen molar-refractivity contribution in [2.24, 2.45) is 0 Å². The fourth-order valence-corrected chi connectivity index (χ4v) is 1.76. The van der Waals surface area contributed by atoms with Crippen LogP contribution in [0.3, 0.4) is 0 Å². The van der Waals surface area contributed by atoms with Crippen LogP contribution >= 0.6 is 0 Å². The molecule has 0 radical (unpaired) electrons. The molecule has 0 amide bonds. The maximum Gasteiger partial charge on any atom is 0.278 e. The normalized spacial score (nSPS) is 11.4. The highest BCUT2D eigenvalue weighted by atomic mass is 16.1. The number of nitrogens with two attached hydrogens (primary N) is 1. The molecular formula is C13H11N5O. The minimum Gasteiger partial charge on any atom is -0.369 e. The first-order valence-electron chi connectivity index (χ1n) is 5.71. The van der Waals surface area contributed by atoms with Gasteiger partial charge in [-0.25, -0.2) is 4.98 Å². The van der Waals surface area contributed by atoms with Crippen LogP contribution in [0, 0.1) is 0 Å². The van der Waals surface area contributed by atoms with Crippen LogP contribution in [0.2, 0.25) is 0 Å². The summed E-state index contributed by atoms with van der Waals surface area (Å²) < 4.78 is 0. The van der Waals surface area contributed by atoms with Crippen LogP contribution in [0.1, 0.15) is 11.4 Å². The van der Waals surface area contributed by atoms with E-state index in [9.17, 15) is 4.79 Å². The highest BCUT2D eigenvalue weighted by molar-refractivity contribution is 5.75. The van der Waals surface area contributed by atoms with Gasteiger partial charge in [-0.3, -0.25) is 9.78 Å². The Bertz CT molecular complexity index is 801. The molecule has 0 aliphatic carbocycles. The van der Waals surface area contributed by atoms with Crippen molar-refractivity contribution in [3.05, 3.63) is 52.1 Å². The van der Waals surface area contributed by atoms with Gasteiger partial charge in [0.05, 0.1) is 0 Å². The Balaban J connectivity index is 2.01. The van der Waals surface area contributed by atoms with E-state index >= 15 is 0 Å². The van der Waals surface area contributed by atoms with E-state index in [2.05, 4.69) is 19.9 Å². The van der Waals surface area contributed by atoms with Crippen LogP contribution in [0.4, 0.5) is 5.95 Å². The molecule has 0 atom stereocenters. The number of rotatable bonds is 2. The molecule has 0 aliphatic rings. The van der Waals surface area contributed by atoms with Gasteiger partial charge in [-0.15, -0.1) is 0 Å². The zero-order valence-electron chi connectivity index (χ0n) is 9.92. The van der Waals surface area contributed by atoms with E-state index in [0.717, 1.165) is 5.56 Å². The number of hydrogen-bond donors (Lipinski definition) is 3. The Kier molecular flexibility index (Phi) is 2.60. The molecule has 0 aliphatic heterocycles. The number of imidazole rings is 1. The molecule has 6 heteroatoms. The number of hydrogen-bond acceptors (Lipinski definition) is 4. The fraction of sp³-hybridized carbons (Fsp3) is 0. The van der Waals surface area contributed by atoms with E-state index in [4.69, 9.17) is 5.73 Å². The van der Waals surface area contributed by atoms with Crippen LogP contribution in [-0.4, -0.2) is 19.9 Å². The number of nitrogens with one attached hydrogen (secondary N) is 2. The lowest BCUT2D eigenvalue weighted by Gasteiger charge is -1.89. The molecule has 0 fully saturated rings. The fourth-order valence-electron chi connectivity index (χ4n) is 1.76. The number of fused-ring (bicyclic) bond motifs is 1. The molecule has 0 bridgehead atoms. The quantitative estimate of drug-likeness (QED) is 0.642. The number of benzene rings is 1. The third-order valence-corrected chi connectivity index (χ3v) is 2.63. The summed E-state index contributed by atoms with van der Waals surface area (Å²) in [5.41, 5.74) is 6.82. The van der Waals surface area contributed by atoms with Crippen LogP contribution in [0.25, 0.3) is 23.3 Å². The first-order valence-corrected chi connectivity index (χ1v) is 5.71. The minimum absolute atomic E-state index is 0.0580. The minimum atomic E-state index is -0.325. The van der Waals surface area contributed by atoms with Gasteiger partial charge < -0.3 is 10.7 Å². The number of H-pyrrole nitrogens is 2. The highest BCUT2D eigenvalue weighted by Gasteiger charge is 2.06. The second-order valence-corrected chi connectivity index (χ2v) is 4.02. The second-order valence-electron chi connectivity index (χ2n) is 4.02. The van der Waals surface area contributed by atoms with Gasteiger partial charge in [0, 0.05) is 0 Å². The van der Waals surface area contributed by atoms with Crippen molar-refractivity contribution in [2.75, 3.05) is 5.73 Å². The monoisotopic (exact) mass is 253 g/mol. The maximum absolute atomic E-state index is 11.6. The molecule has 3 aromatic rings. The third kappa shape index (κ3) is 2.23. The van der Waals surface area contributed by atoms with E-state index in [-0.39, 0.29) is 11.5 Å². The molecule has 6 nitrogen and oxygen atoms in total. The van der Waals surface area contributed by atoms with Gasteiger partial charge >= 0.3 is 0 Å². The van der Waals surface area contributed by atoms with Crippen LogP contribution in [0.15, 0.2) is 35.1 Å². The molecule has 3 rings (SSSR count). The predicted octanol–water partition coefficient (Wildman–Crippen LogP) is 1.40. The van der Waals surface area contributed by atoms with Crippen molar-refractivity contribution < 1.29 is 0 Å². The Hall–Kier alpha value is -2.89. The van der Waals surface area contributed by atoms with E-state index in [1.54, 1.807) is 6.08 Å². The van der Waals surface area contributed by atoms with Crippen molar-refractivity contribution >= 4 is 29.3 Å². The lowest BCUT2D eigenvalue weighted by molar-refractivity contribution is 1.17. The van der Waals surface area contributed by atoms with Gasteiger partial charge in [0.15, 0.2) is 11.2 Å². The van der Waals surface area contributed by atoms with Crippen LogP contribution < -0.4 is 11.3 Å². The Morgan fingerprint density at radius 1 is 1.05 bits per heavy atom. The predicted molar refractivity (Wildman–Crippen MR) is 74.3 cm³/mol. The summed E-state index contributed by atoms with van der Waals surface area (Å²) in [7, 11) is 0. The van der Waals surface area contributed by atoms with Gasteiger partial charge in [-0.05, 0) is 11.6 Å². The molecule has 2 aromatic heterocycles. The van der Waals surface area contributed by atoms with Gasteiger partial charge in [-0.1, -0.05) is 36.4 Å². The average molecular weight is 253 g/mol. The molecule has 0 spiro atoms. The number of aromatic amines is 2. The molecule has 0 saturated heterocycles. The van der Waals surface area contributed by atoms with Crippen LogP contribution in [0.5, 0.6) is 0 Å². The summed E-state index contributed by atoms with van der Waals surface area (Å²) in [5.74, 6) is 0.616. The average Bonchev–Trinajstić information content (AvgIpc) is 2.81. The Morgan fingerprint density at radius 2 is 1.84 bits per heavy atom. The molecule has 0 unspecified atom stereocenters. The maximum atomic E-state index is 11.6. The zero-order chi connectivity index (χ0) is 13.2. The molecule has 0 saturated carbocycles. The summed E-state index contributed by atoms with van der Waals surface area (Å²) in [5, 5.41) is 0. The highest BCUT2D eigenvalue weighted by Crippen LogP contribution is 2.08. The third-order valence-electron chi connectivity index (χ3n) is 2.63. The number of nitrogens with zero attached hydrogens (tertiary/aromatic N) is 2. The van der Waals surface area contributed by atoms with Gasteiger partial charge in [-0.2, -0.15) is 4.98 Å². The van der Waals surface area contributed by atoms with Crippen molar-refractivity contribution in [3.63, 3.8) is 0 Å². The smallest absolute Gasteiger partial charge is 0.278 e. The number of anilines is 1. The summed E-state index contributed by atoms with van der Waals surface area (Å²) in [6, 6.07) is 9.80. The second kappa shape index (κ2) is 4.41. The first-order chi connectivity index (χ1) is 9.22. The first kappa shape index (κ1) is 11.2. The van der Waals surface area contributed by atoms with E-state index in [1.807, 2.05) is 36.4 Å². The lowest BCUT2D eigenvalue weighted by atomic mass is 10.2. The van der Waals surface area contributed by atoms with Crippen molar-refractivity contribution in [1.82, 2.24) is 19.9 Å². The van der Waals surface area contributed by atoms with E-state index < -0.39 is 0 Å². The van der Waals surface area contributed by atoms with Gasteiger partial charge in [0.25, 0.3) is 5.56 Å². The lowest BCUT2D eigenvalue weighted by Crippen LogP contribution is -2.10. The standard InChI is InChI=1S/C13H11N5O/c14-13-17-11-10(12(19)18-13)15-9(16-11)7-6-8-4-2-1-3-5-8/h1-7H,(H4,14,15,16,17,18,19)/b7-6+. The number of nitrogen functional groups attached to an aromatic ring is 1. The number of aromatic nitrogens is 4. The van der Waals surface area contributed by atoms with Gasteiger partial charge in [0.1, 0.15) is 5.82 Å². The van der Waals surface area contributed by atoms with Gasteiger partial charge in [0.2, 0.25) is 5.95 Å². The summed E-state index contributed by atoms with van der Waals surface area (Å²) in [6.07, 6.45) is 3.68. The van der Waals surface area contributed by atoms with Crippen molar-refractivity contribution in [3.8, 4) is 0 Å². The molecular weight excluding hydrogens is 242 g/mol. The van der Waals surface area contributed by atoms with Crippen molar-refractivity contribution in [1.29, 1.82) is 0 Å². The Labute approximate surface area is 108 Å². The van der Waals surface area contributed by atoms with E-state index in [0.29, 0.717) is 17.0 Å². The molecule has 19 heavy (non-hydrogen) atoms.